The molecule has 0 aliphatic rings. The fourth-order valence-electron chi connectivity index (χ4n) is 2.18. The minimum atomic E-state index is -0.171. The van der Waals surface area contributed by atoms with Crippen molar-refractivity contribution in [3.8, 4) is 0 Å². The Bertz CT molecular complexity index is 631. The number of carbonyl (C=O) groups excluding carboxylic acids is 1. The second-order valence-electron chi connectivity index (χ2n) is 4.84. The molecule has 0 saturated carbocycles. The molecule has 3 N–H and O–H groups in total. The summed E-state index contributed by atoms with van der Waals surface area (Å²) < 4.78 is 0. The SMILES string of the molecule is Cc1cc(C(C)NC(=O)c2cc(N)cc(Cl)c2)c(C)s1. The fourth-order valence-corrected chi connectivity index (χ4v) is 3.45. The molecule has 106 valence electrons. The Morgan fingerprint density at radius 1 is 1.30 bits per heavy atom. The highest BCUT2D eigenvalue weighted by atomic mass is 35.5. The summed E-state index contributed by atoms with van der Waals surface area (Å²) in [6.07, 6.45) is 0. The third-order valence-electron chi connectivity index (χ3n) is 3.08. The van der Waals surface area contributed by atoms with Crippen LogP contribution in [0.2, 0.25) is 5.02 Å². The number of halogens is 1. The van der Waals surface area contributed by atoms with Gasteiger partial charge in [0, 0.05) is 26.0 Å². The zero-order valence-electron chi connectivity index (χ0n) is 11.7. The minimum absolute atomic E-state index is 0.0485. The van der Waals surface area contributed by atoms with Crippen LogP contribution in [0.25, 0.3) is 0 Å². The highest BCUT2D eigenvalue weighted by Gasteiger charge is 2.15. The molecule has 0 aliphatic carbocycles. The molecular weight excluding hydrogens is 292 g/mol. The molecule has 0 radical (unpaired) electrons. The van der Waals surface area contributed by atoms with E-state index < -0.39 is 0 Å². The van der Waals surface area contributed by atoms with Gasteiger partial charge in [0.15, 0.2) is 0 Å². The molecule has 0 bridgehead atoms. The second-order valence-corrected chi connectivity index (χ2v) is 6.73. The largest absolute Gasteiger partial charge is 0.399 e. The molecule has 1 aromatic carbocycles. The fraction of sp³-hybridized carbons (Fsp3) is 0.267. The molecule has 1 amide bonds. The van der Waals surface area contributed by atoms with Crippen molar-refractivity contribution >= 4 is 34.5 Å². The van der Waals surface area contributed by atoms with E-state index in [9.17, 15) is 4.79 Å². The average Bonchev–Trinajstić information content (AvgIpc) is 2.67. The van der Waals surface area contributed by atoms with Gasteiger partial charge in [0.2, 0.25) is 0 Å². The Labute approximate surface area is 127 Å². The lowest BCUT2D eigenvalue weighted by Gasteiger charge is -2.14. The van der Waals surface area contributed by atoms with Crippen LogP contribution < -0.4 is 11.1 Å². The molecule has 2 rings (SSSR count). The number of benzene rings is 1. The molecular formula is C15H17ClN2OS. The number of thiophene rings is 1. The van der Waals surface area contributed by atoms with E-state index in [1.165, 1.54) is 9.75 Å². The van der Waals surface area contributed by atoms with Gasteiger partial charge >= 0.3 is 0 Å². The summed E-state index contributed by atoms with van der Waals surface area (Å²) in [4.78, 5) is 14.7. The van der Waals surface area contributed by atoms with E-state index in [0.29, 0.717) is 16.3 Å². The van der Waals surface area contributed by atoms with Crippen LogP contribution in [0.4, 0.5) is 5.69 Å². The first kappa shape index (κ1) is 14.9. The summed E-state index contributed by atoms with van der Waals surface area (Å²) >= 11 is 7.65. The van der Waals surface area contributed by atoms with Crippen LogP contribution in [-0.2, 0) is 0 Å². The van der Waals surface area contributed by atoms with Gasteiger partial charge in [-0.1, -0.05) is 11.6 Å². The molecule has 1 atom stereocenters. The van der Waals surface area contributed by atoms with E-state index in [2.05, 4.69) is 25.2 Å². The van der Waals surface area contributed by atoms with Crippen LogP contribution >= 0.6 is 22.9 Å². The number of nitrogen functional groups attached to an aromatic ring is 1. The third-order valence-corrected chi connectivity index (χ3v) is 4.28. The molecule has 0 spiro atoms. The quantitative estimate of drug-likeness (QED) is 0.839. The maximum absolute atomic E-state index is 12.2. The van der Waals surface area contributed by atoms with Gasteiger partial charge in [-0.05, 0) is 50.6 Å². The van der Waals surface area contributed by atoms with Crippen LogP contribution in [0.5, 0.6) is 0 Å². The number of amides is 1. The predicted molar refractivity (Wildman–Crippen MR) is 85.5 cm³/mol. The number of aryl methyl sites for hydroxylation is 2. The summed E-state index contributed by atoms with van der Waals surface area (Å²) in [5.41, 5.74) is 7.82. The Morgan fingerprint density at radius 2 is 2.00 bits per heavy atom. The standard InChI is InChI=1S/C15H17ClN2OS/c1-8-4-14(10(3)20-8)9(2)18-15(19)11-5-12(16)7-13(17)6-11/h4-7,9H,17H2,1-3H3,(H,18,19). The molecule has 0 fully saturated rings. The summed E-state index contributed by atoms with van der Waals surface area (Å²) in [5, 5.41) is 3.44. The van der Waals surface area contributed by atoms with Gasteiger partial charge in [-0.3, -0.25) is 4.79 Å². The maximum Gasteiger partial charge on any atom is 0.251 e. The molecule has 0 aliphatic heterocycles. The molecule has 5 heteroatoms. The smallest absolute Gasteiger partial charge is 0.251 e. The van der Waals surface area contributed by atoms with E-state index in [1.807, 2.05) is 6.92 Å². The first-order chi connectivity index (χ1) is 9.36. The van der Waals surface area contributed by atoms with Crippen molar-refractivity contribution in [3.05, 3.63) is 50.2 Å². The van der Waals surface area contributed by atoms with Gasteiger partial charge in [0.05, 0.1) is 6.04 Å². The van der Waals surface area contributed by atoms with E-state index >= 15 is 0 Å². The molecule has 3 nitrogen and oxygen atoms in total. The zero-order valence-corrected chi connectivity index (χ0v) is 13.2. The molecule has 20 heavy (non-hydrogen) atoms. The summed E-state index contributed by atoms with van der Waals surface area (Å²) in [6.45, 7) is 6.10. The number of carbonyl (C=O) groups is 1. The van der Waals surface area contributed by atoms with Crippen LogP contribution in [0.15, 0.2) is 24.3 Å². The number of hydrogen-bond donors (Lipinski definition) is 2. The van der Waals surface area contributed by atoms with Crippen LogP contribution in [0.3, 0.4) is 0 Å². The van der Waals surface area contributed by atoms with E-state index in [0.717, 1.165) is 5.56 Å². The van der Waals surface area contributed by atoms with E-state index in [4.69, 9.17) is 17.3 Å². The maximum atomic E-state index is 12.2. The highest BCUT2D eigenvalue weighted by molar-refractivity contribution is 7.12. The Balaban J connectivity index is 2.17. The monoisotopic (exact) mass is 308 g/mol. The van der Waals surface area contributed by atoms with Crippen LogP contribution in [-0.4, -0.2) is 5.91 Å². The first-order valence-electron chi connectivity index (χ1n) is 6.30. The lowest BCUT2D eigenvalue weighted by molar-refractivity contribution is 0.0940. The molecule has 0 saturated heterocycles. The van der Waals surface area contributed by atoms with Crippen molar-refractivity contribution in [2.75, 3.05) is 5.73 Å². The van der Waals surface area contributed by atoms with Crippen molar-refractivity contribution in [2.45, 2.75) is 26.8 Å². The van der Waals surface area contributed by atoms with Crippen molar-refractivity contribution in [1.82, 2.24) is 5.32 Å². The van der Waals surface area contributed by atoms with Crippen molar-refractivity contribution in [2.24, 2.45) is 0 Å². The average molecular weight is 309 g/mol. The first-order valence-corrected chi connectivity index (χ1v) is 7.50. The molecule has 1 unspecified atom stereocenters. The number of nitrogens with two attached hydrogens (primary N) is 1. The molecule has 1 heterocycles. The predicted octanol–water partition coefficient (Wildman–Crippen LogP) is 4.09. The van der Waals surface area contributed by atoms with Crippen molar-refractivity contribution in [1.29, 1.82) is 0 Å². The normalized spacial score (nSPS) is 12.2. The Morgan fingerprint density at radius 3 is 2.55 bits per heavy atom. The van der Waals surface area contributed by atoms with Gasteiger partial charge < -0.3 is 11.1 Å². The second kappa shape index (κ2) is 5.85. The number of rotatable bonds is 3. The Kier molecular flexibility index (Phi) is 4.35. The number of hydrogen-bond acceptors (Lipinski definition) is 3. The van der Waals surface area contributed by atoms with E-state index in [-0.39, 0.29) is 11.9 Å². The van der Waals surface area contributed by atoms with Crippen LogP contribution in [0, 0.1) is 13.8 Å². The highest BCUT2D eigenvalue weighted by Crippen LogP contribution is 2.26. The van der Waals surface area contributed by atoms with Gasteiger partial charge in [0.25, 0.3) is 5.91 Å². The lowest BCUT2D eigenvalue weighted by atomic mass is 10.1. The minimum Gasteiger partial charge on any atom is -0.399 e. The number of nitrogens with one attached hydrogen (secondary N) is 1. The van der Waals surface area contributed by atoms with Crippen molar-refractivity contribution < 1.29 is 4.79 Å². The lowest BCUT2D eigenvalue weighted by Crippen LogP contribution is -2.26. The molecule has 1 aromatic heterocycles. The summed E-state index contributed by atoms with van der Waals surface area (Å²) in [6, 6.07) is 6.92. The van der Waals surface area contributed by atoms with Gasteiger partial charge in [-0.2, -0.15) is 0 Å². The third kappa shape index (κ3) is 3.32. The summed E-state index contributed by atoms with van der Waals surface area (Å²) in [7, 11) is 0. The van der Waals surface area contributed by atoms with Crippen molar-refractivity contribution in [3.63, 3.8) is 0 Å². The zero-order chi connectivity index (χ0) is 14.9. The number of anilines is 1. The van der Waals surface area contributed by atoms with Crippen LogP contribution in [0.1, 0.15) is 38.6 Å². The molecule has 2 aromatic rings. The summed E-state index contributed by atoms with van der Waals surface area (Å²) in [5.74, 6) is -0.171. The Hall–Kier alpha value is -1.52. The van der Waals surface area contributed by atoms with Gasteiger partial charge in [-0.15, -0.1) is 11.3 Å². The van der Waals surface area contributed by atoms with Gasteiger partial charge in [-0.25, -0.2) is 0 Å². The topological polar surface area (TPSA) is 55.1 Å². The van der Waals surface area contributed by atoms with E-state index in [1.54, 1.807) is 29.5 Å². The van der Waals surface area contributed by atoms with Gasteiger partial charge in [0.1, 0.15) is 0 Å².